The predicted molar refractivity (Wildman–Crippen MR) is 60.2 cm³/mol. The summed E-state index contributed by atoms with van der Waals surface area (Å²) in [7, 11) is 3.15. The van der Waals surface area contributed by atoms with Gasteiger partial charge in [-0.25, -0.2) is 0 Å². The van der Waals surface area contributed by atoms with Gasteiger partial charge in [-0.2, -0.15) is 0 Å². The average Bonchev–Trinajstić information content (AvgIpc) is 2.15. The molecule has 0 aromatic carbocycles. The van der Waals surface area contributed by atoms with E-state index in [-0.39, 0.29) is 18.3 Å². The molecule has 0 radical (unpaired) electrons. The van der Waals surface area contributed by atoms with E-state index < -0.39 is 5.60 Å². The zero-order valence-corrected chi connectivity index (χ0v) is 10.4. The van der Waals surface area contributed by atoms with Crippen LogP contribution < -0.4 is 0 Å². The molecular formula is C12H20O4. The van der Waals surface area contributed by atoms with Gasteiger partial charge in [-0.05, 0) is 19.4 Å². The Morgan fingerprint density at radius 3 is 2.69 bits per heavy atom. The van der Waals surface area contributed by atoms with Gasteiger partial charge in [-0.1, -0.05) is 0 Å². The fraction of sp³-hybridized carbons (Fsp3) is 0.750. The van der Waals surface area contributed by atoms with Crippen LogP contribution in [0.15, 0.2) is 11.1 Å². The molecule has 1 aliphatic carbocycles. The number of ether oxygens (including phenoxy) is 2. The number of hydrogen-bond acceptors (Lipinski definition) is 4. The maximum absolute atomic E-state index is 11.9. The van der Waals surface area contributed by atoms with Gasteiger partial charge in [0.25, 0.3) is 0 Å². The molecule has 4 nitrogen and oxygen atoms in total. The molecule has 0 amide bonds. The van der Waals surface area contributed by atoms with E-state index in [1.807, 2.05) is 6.92 Å². The van der Waals surface area contributed by atoms with Crippen molar-refractivity contribution in [3.05, 3.63) is 11.1 Å². The number of aliphatic hydroxyl groups is 1. The molecular weight excluding hydrogens is 208 g/mol. The first-order valence-corrected chi connectivity index (χ1v) is 5.38. The molecule has 0 spiro atoms. The van der Waals surface area contributed by atoms with Crippen molar-refractivity contribution in [2.75, 3.05) is 20.8 Å². The summed E-state index contributed by atoms with van der Waals surface area (Å²) in [5.74, 6) is -0.0438. The molecule has 0 aromatic heterocycles. The summed E-state index contributed by atoms with van der Waals surface area (Å²) in [4.78, 5) is 11.9. The lowest BCUT2D eigenvalue weighted by Crippen LogP contribution is -2.42. The highest BCUT2D eigenvalue weighted by Crippen LogP contribution is 2.32. The monoisotopic (exact) mass is 228 g/mol. The molecule has 4 heteroatoms. The normalized spacial score (nSPS) is 34.1. The summed E-state index contributed by atoms with van der Waals surface area (Å²) < 4.78 is 10.3. The summed E-state index contributed by atoms with van der Waals surface area (Å²) in [5.41, 5.74) is 0.583. The zero-order valence-electron chi connectivity index (χ0n) is 10.4. The van der Waals surface area contributed by atoms with Gasteiger partial charge in [-0.3, -0.25) is 4.79 Å². The highest BCUT2D eigenvalue weighted by Gasteiger charge is 2.39. The van der Waals surface area contributed by atoms with Crippen LogP contribution in [0.1, 0.15) is 26.7 Å². The van der Waals surface area contributed by atoms with E-state index >= 15 is 0 Å². The molecule has 1 saturated carbocycles. The molecule has 0 saturated heterocycles. The highest BCUT2D eigenvalue weighted by atomic mass is 16.5. The fourth-order valence-corrected chi connectivity index (χ4v) is 2.20. The third-order valence-corrected chi connectivity index (χ3v) is 2.89. The quantitative estimate of drug-likeness (QED) is 0.734. The number of carbonyl (C=O) groups is 1. The first-order chi connectivity index (χ1) is 7.41. The minimum Gasteiger partial charge on any atom is -0.390 e. The van der Waals surface area contributed by atoms with Crippen LogP contribution in [0, 0.1) is 0 Å². The Morgan fingerprint density at radius 2 is 2.19 bits per heavy atom. The van der Waals surface area contributed by atoms with Crippen LogP contribution >= 0.6 is 0 Å². The van der Waals surface area contributed by atoms with Gasteiger partial charge in [0.1, 0.15) is 0 Å². The summed E-state index contributed by atoms with van der Waals surface area (Å²) in [6.45, 7) is 3.95. The topological polar surface area (TPSA) is 55.8 Å². The summed E-state index contributed by atoms with van der Waals surface area (Å²) in [6, 6.07) is 0. The number of hydrogen-bond donors (Lipinski definition) is 1. The van der Waals surface area contributed by atoms with E-state index in [2.05, 4.69) is 0 Å². The Morgan fingerprint density at radius 1 is 1.56 bits per heavy atom. The van der Waals surface area contributed by atoms with Crippen LogP contribution in [0.3, 0.4) is 0 Å². The standard InChI is InChI=1S/C12H20O4/c1-8(7-15-3)11-9(13)5-12(2,14)6-10(11)16-4/h10,14H,5-7H2,1-4H3. The van der Waals surface area contributed by atoms with Crippen molar-refractivity contribution < 1.29 is 19.4 Å². The van der Waals surface area contributed by atoms with E-state index in [0.29, 0.717) is 18.6 Å². The lowest BCUT2D eigenvalue weighted by Gasteiger charge is -2.35. The van der Waals surface area contributed by atoms with Crippen molar-refractivity contribution in [3.8, 4) is 0 Å². The average molecular weight is 228 g/mol. The van der Waals surface area contributed by atoms with Gasteiger partial charge in [0.15, 0.2) is 5.78 Å². The number of rotatable bonds is 3. The Hall–Kier alpha value is -0.710. The summed E-state index contributed by atoms with van der Waals surface area (Å²) in [6.07, 6.45) is 0.279. The van der Waals surface area contributed by atoms with Gasteiger partial charge in [-0.15, -0.1) is 0 Å². The lowest BCUT2D eigenvalue weighted by molar-refractivity contribution is -0.126. The van der Waals surface area contributed by atoms with Crippen molar-refractivity contribution in [1.29, 1.82) is 0 Å². The first kappa shape index (κ1) is 13.4. The molecule has 1 aliphatic rings. The minimum atomic E-state index is -0.964. The lowest BCUT2D eigenvalue weighted by atomic mass is 9.79. The van der Waals surface area contributed by atoms with Crippen LogP contribution in [0.4, 0.5) is 0 Å². The maximum Gasteiger partial charge on any atom is 0.164 e. The number of Topliss-reactive ketones (excluding diaryl/α,β-unsaturated/α-hetero) is 1. The zero-order chi connectivity index (χ0) is 12.3. The highest BCUT2D eigenvalue weighted by molar-refractivity contribution is 5.98. The number of methoxy groups -OCH3 is 2. The van der Waals surface area contributed by atoms with Crippen LogP contribution in [-0.2, 0) is 14.3 Å². The van der Waals surface area contributed by atoms with Gasteiger partial charge in [0.2, 0.25) is 0 Å². The maximum atomic E-state index is 11.9. The van der Waals surface area contributed by atoms with Crippen molar-refractivity contribution >= 4 is 5.78 Å². The third-order valence-electron chi connectivity index (χ3n) is 2.89. The molecule has 1 rings (SSSR count). The smallest absolute Gasteiger partial charge is 0.164 e. The SMILES string of the molecule is COCC(C)=C1C(=O)CC(C)(O)CC1OC. The summed E-state index contributed by atoms with van der Waals surface area (Å²) >= 11 is 0. The van der Waals surface area contributed by atoms with Crippen LogP contribution in [0.2, 0.25) is 0 Å². The Kier molecular flexibility index (Phi) is 4.24. The molecule has 0 aliphatic heterocycles. The number of carbonyl (C=O) groups excluding carboxylic acids is 1. The van der Waals surface area contributed by atoms with Crippen molar-refractivity contribution in [2.45, 2.75) is 38.4 Å². The molecule has 0 bridgehead atoms. The van der Waals surface area contributed by atoms with Crippen LogP contribution in [0.25, 0.3) is 0 Å². The first-order valence-electron chi connectivity index (χ1n) is 5.38. The Bertz CT molecular complexity index is 304. The molecule has 0 aromatic rings. The van der Waals surface area contributed by atoms with E-state index in [4.69, 9.17) is 9.47 Å². The van der Waals surface area contributed by atoms with Gasteiger partial charge in [0, 0.05) is 32.6 Å². The van der Waals surface area contributed by atoms with E-state index in [0.717, 1.165) is 5.57 Å². The number of ketones is 1. The van der Waals surface area contributed by atoms with E-state index in [9.17, 15) is 9.90 Å². The summed E-state index contributed by atoms with van der Waals surface area (Å²) in [5, 5.41) is 9.92. The van der Waals surface area contributed by atoms with Crippen LogP contribution in [-0.4, -0.2) is 43.4 Å². The van der Waals surface area contributed by atoms with Crippen molar-refractivity contribution in [1.82, 2.24) is 0 Å². The van der Waals surface area contributed by atoms with Gasteiger partial charge in [0.05, 0.1) is 18.3 Å². The molecule has 2 atom stereocenters. The van der Waals surface area contributed by atoms with Crippen molar-refractivity contribution in [3.63, 3.8) is 0 Å². The van der Waals surface area contributed by atoms with E-state index in [1.54, 1.807) is 21.1 Å². The fourth-order valence-electron chi connectivity index (χ4n) is 2.20. The molecule has 0 heterocycles. The van der Waals surface area contributed by atoms with Crippen LogP contribution in [0.5, 0.6) is 0 Å². The predicted octanol–water partition coefficient (Wildman–Crippen LogP) is 1.08. The van der Waals surface area contributed by atoms with Gasteiger partial charge >= 0.3 is 0 Å². The van der Waals surface area contributed by atoms with E-state index in [1.165, 1.54) is 0 Å². The second kappa shape index (κ2) is 5.08. The second-order valence-electron chi connectivity index (χ2n) is 4.65. The largest absolute Gasteiger partial charge is 0.390 e. The van der Waals surface area contributed by atoms with Crippen molar-refractivity contribution in [2.24, 2.45) is 0 Å². The minimum absolute atomic E-state index is 0.0438. The molecule has 92 valence electrons. The molecule has 1 fully saturated rings. The molecule has 1 N–H and O–H groups in total. The molecule has 2 unspecified atom stereocenters. The third kappa shape index (κ3) is 2.90. The second-order valence-corrected chi connectivity index (χ2v) is 4.65. The Balaban J connectivity index is 3.00. The van der Waals surface area contributed by atoms with Gasteiger partial charge < -0.3 is 14.6 Å². The Labute approximate surface area is 96.2 Å². The molecule has 16 heavy (non-hydrogen) atoms.